The van der Waals surface area contributed by atoms with Gasteiger partial charge in [-0.2, -0.15) is 0 Å². The molecule has 0 spiro atoms. The lowest BCUT2D eigenvalue weighted by molar-refractivity contribution is -0.175. The second-order valence-corrected chi connectivity index (χ2v) is 6.73. The van der Waals surface area contributed by atoms with E-state index in [2.05, 4.69) is 15.6 Å². The van der Waals surface area contributed by atoms with Gasteiger partial charge in [0.25, 0.3) is 11.7 Å². The monoisotopic (exact) mass is 416 g/mol. The zero-order valence-electron chi connectivity index (χ0n) is 16.2. The number of pyridine rings is 1. The van der Waals surface area contributed by atoms with Gasteiger partial charge in [-0.3, -0.25) is 9.59 Å². The van der Waals surface area contributed by atoms with E-state index >= 15 is 0 Å². The van der Waals surface area contributed by atoms with Crippen molar-refractivity contribution in [3.63, 3.8) is 0 Å². The number of carbonyl (C=O) groups excluding carboxylic acids is 3. The van der Waals surface area contributed by atoms with Gasteiger partial charge >= 0.3 is 6.09 Å². The Balaban J connectivity index is 1.55. The molecular weight excluding hydrogens is 395 g/mol. The maximum Gasteiger partial charge on any atom is 0.410 e. The normalized spacial score (nSPS) is 18.2. The number of alkyl carbamates (subject to hydrolysis) is 1. The molecule has 0 aliphatic carbocycles. The molecule has 1 aromatic heterocycles. The van der Waals surface area contributed by atoms with Crippen LogP contribution in [0.25, 0.3) is 0 Å². The molecule has 2 aromatic rings. The lowest BCUT2D eigenvalue weighted by atomic mass is 10.1. The van der Waals surface area contributed by atoms with Crippen molar-refractivity contribution < 1.29 is 28.6 Å². The van der Waals surface area contributed by atoms with Gasteiger partial charge in [0, 0.05) is 26.4 Å². The standard InChI is InChI=1S/C20H21FN4O5/c1-13(26)24-17-7-6-15(12-23-17)25-11-9-20(29,18(25)27)30-19(28)22-10-8-14-4-2-3-5-16(14)21/h2-7,12,29H,8-11H2,1H3,(H,22,28)(H,23,24,26). The third kappa shape index (κ3) is 4.90. The summed E-state index contributed by atoms with van der Waals surface area (Å²) < 4.78 is 18.5. The molecule has 0 radical (unpaired) electrons. The fourth-order valence-electron chi connectivity index (χ4n) is 3.01. The van der Waals surface area contributed by atoms with Gasteiger partial charge in [-0.05, 0) is 30.2 Å². The third-order valence-corrected chi connectivity index (χ3v) is 4.50. The van der Waals surface area contributed by atoms with E-state index in [0.717, 1.165) is 0 Å². The van der Waals surface area contributed by atoms with Crippen LogP contribution < -0.4 is 15.5 Å². The number of amides is 3. The minimum Gasteiger partial charge on any atom is -0.407 e. The molecule has 2 heterocycles. The van der Waals surface area contributed by atoms with E-state index in [1.165, 1.54) is 30.2 Å². The molecule has 1 saturated heterocycles. The smallest absolute Gasteiger partial charge is 0.407 e. The first kappa shape index (κ1) is 21.2. The van der Waals surface area contributed by atoms with E-state index in [0.29, 0.717) is 17.1 Å². The average Bonchev–Trinajstić information content (AvgIpc) is 2.98. The van der Waals surface area contributed by atoms with Crippen LogP contribution >= 0.6 is 0 Å². The molecule has 3 rings (SSSR count). The summed E-state index contributed by atoms with van der Waals surface area (Å²) in [6, 6.07) is 9.23. The molecule has 3 amide bonds. The number of hydrogen-bond donors (Lipinski definition) is 3. The van der Waals surface area contributed by atoms with Crippen molar-refractivity contribution in [2.45, 2.75) is 25.6 Å². The van der Waals surface area contributed by atoms with Crippen LogP contribution in [-0.4, -0.2) is 46.9 Å². The molecule has 1 unspecified atom stereocenters. The van der Waals surface area contributed by atoms with Gasteiger partial charge in [0.15, 0.2) is 0 Å². The molecule has 0 bridgehead atoms. The van der Waals surface area contributed by atoms with Crippen molar-refractivity contribution >= 4 is 29.4 Å². The SMILES string of the molecule is CC(=O)Nc1ccc(N2CCC(O)(OC(=O)NCCc3ccccc3F)C2=O)cn1. The summed E-state index contributed by atoms with van der Waals surface area (Å²) in [4.78, 5) is 40.9. The number of halogens is 1. The summed E-state index contributed by atoms with van der Waals surface area (Å²) >= 11 is 0. The van der Waals surface area contributed by atoms with Crippen molar-refractivity contribution in [2.75, 3.05) is 23.3 Å². The number of hydrogen-bond acceptors (Lipinski definition) is 6. The van der Waals surface area contributed by atoms with Gasteiger partial charge in [-0.1, -0.05) is 18.2 Å². The highest BCUT2D eigenvalue weighted by molar-refractivity contribution is 6.01. The molecule has 10 heteroatoms. The highest BCUT2D eigenvalue weighted by Crippen LogP contribution is 2.29. The fraction of sp³-hybridized carbons (Fsp3) is 0.300. The van der Waals surface area contributed by atoms with Crippen LogP contribution in [0, 0.1) is 5.82 Å². The van der Waals surface area contributed by atoms with E-state index in [4.69, 9.17) is 4.74 Å². The highest BCUT2D eigenvalue weighted by Gasteiger charge is 2.49. The average molecular weight is 416 g/mol. The predicted octanol–water partition coefficient (Wildman–Crippen LogP) is 1.57. The van der Waals surface area contributed by atoms with Crippen molar-refractivity contribution in [1.29, 1.82) is 0 Å². The van der Waals surface area contributed by atoms with E-state index < -0.39 is 17.8 Å². The van der Waals surface area contributed by atoms with E-state index in [1.807, 2.05) is 0 Å². The Morgan fingerprint density at radius 3 is 2.73 bits per heavy atom. The van der Waals surface area contributed by atoms with E-state index in [9.17, 15) is 23.9 Å². The first-order valence-electron chi connectivity index (χ1n) is 9.27. The second-order valence-electron chi connectivity index (χ2n) is 6.73. The maximum atomic E-state index is 13.6. The number of nitrogens with zero attached hydrogens (tertiary/aromatic N) is 2. The lowest BCUT2D eigenvalue weighted by Crippen LogP contribution is -2.46. The summed E-state index contributed by atoms with van der Waals surface area (Å²) in [5, 5.41) is 15.4. The Morgan fingerprint density at radius 2 is 2.07 bits per heavy atom. The largest absolute Gasteiger partial charge is 0.410 e. The first-order chi connectivity index (χ1) is 14.3. The zero-order valence-corrected chi connectivity index (χ0v) is 16.2. The van der Waals surface area contributed by atoms with Crippen LogP contribution in [0.5, 0.6) is 0 Å². The first-order valence-corrected chi connectivity index (χ1v) is 9.27. The summed E-state index contributed by atoms with van der Waals surface area (Å²) in [7, 11) is 0. The van der Waals surface area contributed by atoms with Crippen molar-refractivity contribution in [3.05, 3.63) is 54.0 Å². The number of carbonyl (C=O) groups is 3. The van der Waals surface area contributed by atoms with E-state index in [1.54, 1.807) is 24.3 Å². The second kappa shape index (κ2) is 8.87. The van der Waals surface area contributed by atoms with Crippen molar-refractivity contribution in [1.82, 2.24) is 10.3 Å². The molecule has 30 heavy (non-hydrogen) atoms. The predicted molar refractivity (Wildman–Crippen MR) is 105 cm³/mol. The Bertz CT molecular complexity index is 952. The van der Waals surface area contributed by atoms with Crippen LogP contribution in [-0.2, 0) is 20.7 Å². The van der Waals surface area contributed by atoms with Gasteiger partial charge in [0.05, 0.1) is 11.9 Å². The van der Waals surface area contributed by atoms with Crippen LogP contribution in [0.3, 0.4) is 0 Å². The third-order valence-electron chi connectivity index (χ3n) is 4.50. The summed E-state index contributed by atoms with van der Waals surface area (Å²) in [6.45, 7) is 1.53. The number of rotatable bonds is 6. The summed E-state index contributed by atoms with van der Waals surface area (Å²) in [5.41, 5.74) is 0.809. The van der Waals surface area contributed by atoms with Gasteiger partial charge in [-0.25, -0.2) is 14.2 Å². The van der Waals surface area contributed by atoms with Crippen molar-refractivity contribution in [2.24, 2.45) is 0 Å². The van der Waals surface area contributed by atoms with Gasteiger partial charge in [0.1, 0.15) is 11.6 Å². The molecule has 0 saturated carbocycles. The number of aliphatic hydroxyl groups is 1. The number of benzene rings is 1. The topological polar surface area (TPSA) is 121 Å². The molecular formula is C20H21FN4O5. The molecule has 1 aromatic carbocycles. The summed E-state index contributed by atoms with van der Waals surface area (Å²) in [5.74, 6) is -3.46. The van der Waals surface area contributed by atoms with Crippen LogP contribution in [0.4, 0.5) is 20.7 Å². The maximum absolute atomic E-state index is 13.6. The number of anilines is 2. The van der Waals surface area contributed by atoms with Crippen LogP contribution in [0.2, 0.25) is 0 Å². The Labute approximate surface area is 171 Å². The Kier molecular flexibility index (Phi) is 6.26. The van der Waals surface area contributed by atoms with Crippen LogP contribution in [0.1, 0.15) is 18.9 Å². The molecule has 3 N–H and O–H groups in total. The van der Waals surface area contributed by atoms with E-state index in [-0.39, 0.29) is 37.7 Å². The van der Waals surface area contributed by atoms with Gasteiger partial charge in [-0.15, -0.1) is 0 Å². The molecule has 1 aliphatic heterocycles. The summed E-state index contributed by atoms with van der Waals surface area (Å²) in [6.07, 6.45) is 0.485. The lowest BCUT2D eigenvalue weighted by Gasteiger charge is -2.22. The molecule has 1 fully saturated rings. The zero-order chi connectivity index (χ0) is 21.7. The quantitative estimate of drug-likeness (QED) is 0.615. The fourth-order valence-corrected chi connectivity index (χ4v) is 3.01. The molecule has 1 aliphatic rings. The highest BCUT2D eigenvalue weighted by atomic mass is 19.1. The van der Waals surface area contributed by atoms with Crippen molar-refractivity contribution in [3.8, 4) is 0 Å². The minimum absolute atomic E-state index is 0.0717. The molecule has 9 nitrogen and oxygen atoms in total. The number of aromatic nitrogens is 1. The number of nitrogens with one attached hydrogen (secondary N) is 2. The Morgan fingerprint density at radius 1 is 1.30 bits per heavy atom. The van der Waals surface area contributed by atoms with Gasteiger partial charge in [0.2, 0.25) is 5.91 Å². The van der Waals surface area contributed by atoms with Gasteiger partial charge < -0.3 is 25.4 Å². The Hall–Kier alpha value is -3.53. The molecule has 1 atom stereocenters. The molecule has 158 valence electrons. The van der Waals surface area contributed by atoms with Crippen LogP contribution in [0.15, 0.2) is 42.6 Å². The number of ether oxygens (including phenoxy) is 1. The minimum atomic E-state index is -2.31.